The van der Waals surface area contributed by atoms with E-state index in [4.69, 9.17) is 14.2 Å². The first-order valence-corrected chi connectivity index (χ1v) is 12.6. The van der Waals surface area contributed by atoms with E-state index >= 15 is 0 Å². The minimum atomic E-state index is -4.84. The lowest BCUT2D eigenvalue weighted by molar-refractivity contribution is -0.143. The van der Waals surface area contributed by atoms with E-state index in [0.717, 1.165) is 24.5 Å². The van der Waals surface area contributed by atoms with Crippen molar-refractivity contribution in [2.24, 2.45) is 11.8 Å². The number of benzene rings is 2. The molecule has 2 aliphatic rings. The molecule has 1 fully saturated rings. The summed E-state index contributed by atoms with van der Waals surface area (Å²) in [6, 6.07) is 11.5. The third-order valence-electron chi connectivity index (χ3n) is 7.31. The second-order valence-electron chi connectivity index (χ2n) is 9.92. The number of aromatic nitrogens is 1. The molecule has 1 saturated carbocycles. The summed E-state index contributed by atoms with van der Waals surface area (Å²) in [6.45, 7) is 1.75. The highest BCUT2D eigenvalue weighted by molar-refractivity contribution is 5.71. The molecular weight excluding hydrogens is 518 g/mol. The minimum Gasteiger partial charge on any atom is -0.497 e. The summed E-state index contributed by atoms with van der Waals surface area (Å²) in [6.07, 6.45) is -3.94. The van der Waals surface area contributed by atoms with Crippen molar-refractivity contribution in [1.82, 2.24) is 4.98 Å². The fourth-order valence-corrected chi connectivity index (χ4v) is 5.16. The number of hydrogen-bond acceptors (Lipinski definition) is 5. The van der Waals surface area contributed by atoms with Crippen LogP contribution in [0, 0.1) is 17.7 Å². The number of aliphatic carboxylic acids is 1. The van der Waals surface area contributed by atoms with Crippen LogP contribution in [0.2, 0.25) is 0 Å². The normalized spacial score (nSPS) is 18.7. The van der Waals surface area contributed by atoms with E-state index in [1.807, 2.05) is 0 Å². The zero-order valence-corrected chi connectivity index (χ0v) is 21.3. The zero-order chi connectivity index (χ0) is 27.9. The van der Waals surface area contributed by atoms with Gasteiger partial charge in [0.05, 0.1) is 25.3 Å². The van der Waals surface area contributed by atoms with Gasteiger partial charge in [-0.2, -0.15) is 13.2 Å². The SMILES string of the molecule is COc1ccc(F)c(-c2ccc([C@@H]3CCOc4ccc([C@H](C5CC5)[C@H](C)C(=O)O)cc4O3)c(C(F)(F)F)n2)c1. The Morgan fingerprint density at radius 2 is 1.85 bits per heavy atom. The molecule has 206 valence electrons. The fraction of sp³-hybridized carbons (Fsp3) is 0.379. The first-order valence-electron chi connectivity index (χ1n) is 12.6. The van der Waals surface area contributed by atoms with E-state index in [0.29, 0.717) is 5.75 Å². The average molecular weight is 546 g/mol. The number of halogens is 4. The molecule has 0 unspecified atom stereocenters. The number of fused-ring (bicyclic) bond motifs is 1. The van der Waals surface area contributed by atoms with Crippen molar-refractivity contribution >= 4 is 5.97 Å². The predicted molar refractivity (Wildman–Crippen MR) is 133 cm³/mol. The summed E-state index contributed by atoms with van der Waals surface area (Å²) in [5.41, 5.74) is -0.945. The van der Waals surface area contributed by atoms with E-state index in [1.165, 1.54) is 31.4 Å². The number of pyridine rings is 1. The van der Waals surface area contributed by atoms with Gasteiger partial charge in [0.15, 0.2) is 17.2 Å². The first kappa shape index (κ1) is 26.8. The number of hydrogen-bond donors (Lipinski definition) is 1. The number of carboxylic acid groups (broad SMARTS) is 1. The molecule has 1 N–H and O–H groups in total. The van der Waals surface area contributed by atoms with Gasteiger partial charge in [-0.15, -0.1) is 0 Å². The minimum absolute atomic E-state index is 0.0954. The molecule has 0 amide bonds. The van der Waals surface area contributed by atoms with Crippen molar-refractivity contribution in [2.45, 2.75) is 44.4 Å². The maximum atomic E-state index is 14.5. The molecule has 1 aliphatic heterocycles. The number of carbonyl (C=O) groups is 1. The van der Waals surface area contributed by atoms with Gasteiger partial charge in [0, 0.05) is 17.5 Å². The molecule has 0 radical (unpaired) electrons. The van der Waals surface area contributed by atoms with E-state index in [9.17, 15) is 27.5 Å². The summed E-state index contributed by atoms with van der Waals surface area (Å²) >= 11 is 0. The molecule has 1 aromatic heterocycles. The van der Waals surface area contributed by atoms with Crippen molar-refractivity contribution in [2.75, 3.05) is 13.7 Å². The van der Waals surface area contributed by atoms with Gasteiger partial charge < -0.3 is 19.3 Å². The molecule has 2 heterocycles. The number of carboxylic acids is 1. The first-order chi connectivity index (χ1) is 18.6. The standard InChI is InChI=1S/C29H27F4NO5/c1-15(28(35)36)26(16-3-4-16)17-5-10-24-25(13-17)39-23(11-12-38-24)19-7-9-22(34-27(19)29(31,32)33)20-14-18(37-2)6-8-21(20)30/h5-10,13-16,23,26H,3-4,11-12H2,1-2H3,(H,35,36)/t15-,23-,26-/m0/s1. The van der Waals surface area contributed by atoms with Crippen LogP contribution in [0.1, 0.15) is 55.0 Å². The Morgan fingerprint density at radius 3 is 2.51 bits per heavy atom. The third-order valence-corrected chi connectivity index (χ3v) is 7.31. The lowest BCUT2D eigenvalue weighted by atomic mass is 9.83. The molecule has 3 atom stereocenters. The van der Waals surface area contributed by atoms with E-state index < -0.39 is 35.7 Å². The molecule has 39 heavy (non-hydrogen) atoms. The zero-order valence-electron chi connectivity index (χ0n) is 21.3. The highest BCUT2D eigenvalue weighted by atomic mass is 19.4. The summed E-state index contributed by atoms with van der Waals surface area (Å²) in [5, 5.41) is 9.62. The Kier molecular flexibility index (Phi) is 7.13. The summed E-state index contributed by atoms with van der Waals surface area (Å²) < 4.78 is 74.2. The molecule has 5 rings (SSSR count). The molecule has 0 bridgehead atoms. The van der Waals surface area contributed by atoms with Crippen LogP contribution in [0.3, 0.4) is 0 Å². The Hall–Kier alpha value is -3.82. The lowest BCUT2D eigenvalue weighted by Crippen LogP contribution is -2.21. The molecule has 6 nitrogen and oxygen atoms in total. The van der Waals surface area contributed by atoms with E-state index in [-0.39, 0.29) is 53.2 Å². The molecular formula is C29H27F4NO5. The fourth-order valence-electron chi connectivity index (χ4n) is 5.16. The summed E-state index contributed by atoms with van der Waals surface area (Å²) in [5.74, 6) is -1.40. The predicted octanol–water partition coefficient (Wildman–Crippen LogP) is 7.03. The number of rotatable bonds is 7. The second kappa shape index (κ2) is 10.4. The molecule has 1 aliphatic carbocycles. The number of ether oxygens (including phenoxy) is 3. The van der Waals surface area contributed by atoms with Crippen molar-refractivity contribution in [3.05, 3.63) is 71.2 Å². The van der Waals surface area contributed by atoms with Gasteiger partial charge in [-0.3, -0.25) is 4.79 Å². The monoisotopic (exact) mass is 545 g/mol. The van der Waals surface area contributed by atoms with Crippen molar-refractivity contribution in [3.8, 4) is 28.5 Å². The van der Waals surface area contributed by atoms with Crippen molar-refractivity contribution < 1.29 is 41.7 Å². The van der Waals surface area contributed by atoms with Crippen LogP contribution in [0.15, 0.2) is 48.5 Å². The van der Waals surface area contributed by atoms with Gasteiger partial charge in [0.25, 0.3) is 0 Å². The quantitative estimate of drug-likeness (QED) is 0.321. The van der Waals surface area contributed by atoms with Crippen LogP contribution in [0.25, 0.3) is 11.3 Å². The molecule has 0 spiro atoms. The number of alkyl halides is 3. The van der Waals surface area contributed by atoms with Gasteiger partial charge in [-0.05, 0) is 66.6 Å². The van der Waals surface area contributed by atoms with Gasteiger partial charge in [-0.25, -0.2) is 9.37 Å². The van der Waals surface area contributed by atoms with Crippen LogP contribution in [-0.4, -0.2) is 29.8 Å². The van der Waals surface area contributed by atoms with Gasteiger partial charge in [0.2, 0.25) is 0 Å². The highest BCUT2D eigenvalue weighted by Crippen LogP contribution is 2.49. The maximum absolute atomic E-state index is 14.5. The molecule has 3 aromatic rings. The smallest absolute Gasteiger partial charge is 0.433 e. The average Bonchev–Trinajstić information content (AvgIpc) is 3.75. The summed E-state index contributed by atoms with van der Waals surface area (Å²) in [7, 11) is 1.37. The Bertz CT molecular complexity index is 1390. The maximum Gasteiger partial charge on any atom is 0.433 e. The van der Waals surface area contributed by atoms with Crippen molar-refractivity contribution in [1.29, 1.82) is 0 Å². The largest absolute Gasteiger partial charge is 0.497 e. The molecule has 0 saturated heterocycles. The Labute approximate surface area is 222 Å². The van der Waals surface area contributed by atoms with Crippen molar-refractivity contribution in [3.63, 3.8) is 0 Å². The topological polar surface area (TPSA) is 77.9 Å². The van der Waals surface area contributed by atoms with Gasteiger partial charge in [-0.1, -0.05) is 19.1 Å². The Balaban J connectivity index is 1.52. The highest BCUT2D eigenvalue weighted by Gasteiger charge is 2.41. The van der Waals surface area contributed by atoms with Crippen LogP contribution >= 0.6 is 0 Å². The van der Waals surface area contributed by atoms with E-state index in [2.05, 4.69) is 4.98 Å². The van der Waals surface area contributed by atoms with Crippen LogP contribution in [0.5, 0.6) is 17.2 Å². The van der Waals surface area contributed by atoms with Crippen LogP contribution in [-0.2, 0) is 11.0 Å². The summed E-state index contributed by atoms with van der Waals surface area (Å²) in [4.78, 5) is 15.6. The van der Waals surface area contributed by atoms with Crippen LogP contribution < -0.4 is 14.2 Å². The van der Waals surface area contributed by atoms with Gasteiger partial charge in [0.1, 0.15) is 17.7 Å². The lowest BCUT2D eigenvalue weighted by Gasteiger charge is -2.24. The number of nitrogens with zero attached hydrogens (tertiary/aromatic N) is 1. The second-order valence-corrected chi connectivity index (χ2v) is 9.92. The molecule has 10 heteroatoms. The number of methoxy groups -OCH3 is 1. The third kappa shape index (κ3) is 5.51. The van der Waals surface area contributed by atoms with Crippen LogP contribution in [0.4, 0.5) is 17.6 Å². The molecule has 2 aromatic carbocycles. The van der Waals surface area contributed by atoms with E-state index in [1.54, 1.807) is 25.1 Å². The Morgan fingerprint density at radius 1 is 1.08 bits per heavy atom. The van der Waals surface area contributed by atoms with Gasteiger partial charge >= 0.3 is 12.1 Å².